The molecule has 0 N–H and O–H groups in total. The van der Waals surface area contributed by atoms with Gasteiger partial charge in [0.1, 0.15) is 12.7 Å². The molecule has 0 amide bonds. The van der Waals surface area contributed by atoms with Gasteiger partial charge in [-0.15, -0.1) is 0 Å². The first-order valence-corrected chi connectivity index (χ1v) is 4.52. The average Bonchev–Trinajstić information content (AvgIpc) is 2.16. The van der Waals surface area contributed by atoms with Crippen molar-refractivity contribution in [2.45, 2.75) is 25.9 Å². The monoisotopic (exact) mass is 184 g/mol. The van der Waals surface area contributed by atoms with Crippen LogP contribution in [-0.4, -0.2) is 24.6 Å². The molecule has 2 fully saturated rings. The Morgan fingerprint density at radius 3 is 2.85 bits per heavy atom. The molecule has 4 nitrogen and oxygen atoms in total. The molecule has 4 heteroatoms. The lowest BCUT2D eigenvalue weighted by atomic mass is 9.73. The van der Waals surface area contributed by atoms with Crippen LogP contribution in [0.3, 0.4) is 0 Å². The zero-order valence-electron chi connectivity index (χ0n) is 7.49. The van der Waals surface area contributed by atoms with E-state index in [1.165, 1.54) is 6.92 Å². The van der Waals surface area contributed by atoms with Crippen molar-refractivity contribution >= 4 is 11.9 Å². The molecular weight excluding hydrogens is 172 g/mol. The zero-order valence-corrected chi connectivity index (χ0v) is 7.49. The number of hydrogen-bond acceptors (Lipinski definition) is 4. The molecule has 1 saturated heterocycles. The Balaban J connectivity index is 1.87. The van der Waals surface area contributed by atoms with E-state index in [0.717, 1.165) is 12.8 Å². The standard InChI is InChI=1S/C9H12O4/c1-5(10)12-4-8-6-2-3-7(6)9(11)13-8/h6-8H,2-4H2,1H3/t6-,7+,8+/m0/s1. The zero-order chi connectivity index (χ0) is 9.42. The van der Waals surface area contributed by atoms with E-state index in [-0.39, 0.29) is 30.6 Å². The van der Waals surface area contributed by atoms with E-state index in [2.05, 4.69) is 0 Å². The Hall–Kier alpha value is -1.06. The molecule has 1 aliphatic carbocycles. The predicted molar refractivity (Wildman–Crippen MR) is 42.7 cm³/mol. The number of fused-ring (bicyclic) bond motifs is 1. The second-order valence-electron chi connectivity index (χ2n) is 3.63. The van der Waals surface area contributed by atoms with Crippen molar-refractivity contribution in [2.75, 3.05) is 6.61 Å². The van der Waals surface area contributed by atoms with E-state index in [0.29, 0.717) is 5.92 Å². The molecule has 1 heterocycles. The van der Waals surface area contributed by atoms with Gasteiger partial charge in [-0.25, -0.2) is 0 Å². The maximum absolute atomic E-state index is 11.1. The van der Waals surface area contributed by atoms with Crippen LogP contribution in [0.1, 0.15) is 19.8 Å². The summed E-state index contributed by atoms with van der Waals surface area (Å²) in [6, 6.07) is 0. The highest BCUT2D eigenvalue weighted by atomic mass is 16.6. The minimum atomic E-state index is -0.321. The van der Waals surface area contributed by atoms with E-state index in [9.17, 15) is 9.59 Å². The molecular formula is C9H12O4. The molecule has 0 unspecified atom stereocenters. The quantitative estimate of drug-likeness (QED) is 0.586. The van der Waals surface area contributed by atoms with Gasteiger partial charge in [0.25, 0.3) is 0 Å². The third-order valence-electron chi connectivity index (χ3n) is 2.83. The molecule has 0 bridgehead atoms. The average molecular weight is 184 g/mol. The van der Waals surface area contributed by atoms with Crippen LogP contribution in [0.2, 0.25) is 0 Å². The van der Waals surface area contributed by atoms with E-state index in [4.69, 9.17) is 9.47 Å². The number of carbonyl (C=O) groups is 2. The van der Waals surface area contributed by atoms with Crippen LogP contribution in [0.4, 0.5) is 0 Å². The van der Waals surface area contributed by atoms with Crippen LogP contribution in [0.15, 0.2) is 0 Å². The molecule has 0 aromatic rings. The third-order valence-corrected chi connectivity index (χ3v) is 2.83. The predicted octanol–water partition coefficient (Wildman–Crippen LogP) is 0.501. The maximum atomic E-state index is 11.1. The smallest absolute Gasteiger partial charge is 0.309 e. The molecule has 72 valence electrons. The molecule has 2 rings (SSSR count). The summed E-state index contributed by atoms with van der Waals surface area (Å²) in [6.45, 7) is 1.58. The van der Waals surface area contributed by atoms with Gasteiger partial charge in [-0.05, 0) is 12.8 Å². The number of esters is 2. The summed E-state index contributed by atoms with van der Waals surface area (Å²) in [4.78, 5) is 21.7. The Morgan fingerprint density at radius 2 is 2.38 bits per heavy atom. The SMILES string of the molecule is CC(=O)OC[C@H]1OC(=O)[C@@H]2CC[C@H]12. The van der Waals surface area contributed by atoms with Crippen molar-refractivity contribution in [1.29, 1.82) is 0 Å². The molecule has 1 saturated carbocycles. The van der Waals surface area contributed by atoms with E-state index < -0.39 is 0 Å². The summed E-state index contributed by atoms with van der Waals surface area (Å²) < 4.78 is 9.89. The summed E-state index contributed by atoms with van der Waals surface area (Å²) in [6.07, 6.45) is 1.76. The molecule has 0 spiro atoms. The van der Waals surface area contributed by atoms with Gasteiger partial charge in [-0.1, -0.05) is 0 Å². The Labute approximate surface area is 76.2 Å². The number of ether oxygens (including phenoxy) is 2. The van der Waals surface area contributed by atoms with Gasteiger partial charge in [0, 0.05) is 12.8 Å². The van der Waals surface area contributed by atoms with Crippen molar-refractivity contribution in [3.63, 3.8) is 0 Å². The van der Waals surface area contributed by atoms with Crippen molar-refractivity contribution in [3.05, 3.63) is 0 Å². The molecule has 13 heavy (non-hydrogen) atoms. The third kappa shape index (κ3) is 1.41. The van der Waals surface area contributed by atoms with Gasteiger partial charge in [-0.2, -0.15) is 0 Å². The number of cyclic esters (lactones) is 1. The molecule has 0 radical (unpaired) electrons. The van der Waals surface area contributed by atoms with E-state index >= 15 is 0 Å². The first kappa shape index (κ1) is 8.53. The normalized spacial score (nSPS) is 36.1. The van der Waals surface area contributed by atoms with Crippen LogP contribution < -0.4 is 0 Å². The topological polar surface area (TPSA) is 52.6 Å². The number of rotatable bonds is 2. The minimum Gasteiger partial charge on any atom is -0.462 e. The van der Waals surface area contributed by atoms with Crippen LogP contribution in [0.5, 0.6) is 0 Å². The summed E-state index contributed by atoms with van der Waals surface area (Å²) in [7, 11) is 0. The second-order valence-corrected chi connectivity index (χ2v) is 3.63. The number of hydrogen-bond donors (Lipinski definition) is 0. The highest BCUT2D eigenvalue weighted by molar-refractivity contribution is 5.76. The Morgan fingerprint density at radius 1 is 1.62 bits per heavy atom. The number of carbonyl (C=O) groups excluding carboxylic acids is 2. The lowest BCUT2D eigenvalue weighted by Crippen LogP contribution is -2.33. The van der Waals surface area contributed by atoms with Crippen molar-refractivity contribution in [3.8, 4) is 0 Å². The van der Waals surface area contributed by atoms with Gasteiger partial charge in [0.2, 0.25) is 0 Å². The van der Waals surface area contributed by atoms with Gasteiger partial charge >= 0.3 is 11.9 Å². The first-order chi connectivity index (χ1) is 6.18. The Bertz CT molecular complexity index is 248. The van der Waals surface area contributed by atoms with Gasteiger partial charge in [-0.3, -0.25) is 9.59 Å². The van der Waals surface area contributed by atoms with Crippen LogP contribution in [0.25, 0.3) is 0 Å². The van der Waals surface area contributed by atoms with Crippen molar-refractivity contribution in [2.24, 2.45) is 11.8 Å². The summed E-state index contributed by atoms with van der Waals surface area (Å²) in [5, 5.41) is 0. The summed E-state index contributed by atoms with van der Waals surface area (Å²) in [5.74, 6) is -0.0559. The fourth-order valence-corrected chi connectivity index (χ4v) is 1.94. The fourth-order valence-electron chi connectivity index (χ4n) is 1.94. The van der Waals surface area contributed by atoms with Crippen LogP contribution in [-0.2, 0) is 19.1 Å². The summed E-state index contributed by atoms with van der Waals surface area (Å²) >= 11 is 0. The summed E-state index contributed by atoms with van der Waals surface area (Å²) in [5.41, 5.74) is 0. The first-order valence-electron chi connectivity index (χ1n) is 4.52. The van der Waals surface area contributed by atoms with Gasteiger partial charge in [0.15, 0.2) is 0 Å². The van der Waals surface area contributed by atoms with Crippen molar-refractivity contribution < 1.29 is 19.1 Å². The van der Waals surface area contributed by atoms with E-state index in [1.807, 2.05) is 0 Å². The van der Waals surface area contributed by atoms with E-state index in [1.54, 1.807) is 0 Å². The molecule has 0 aromatic carbocycles. The largest absolute Gasteiger partial charge is 0.462 e. The minimum absolute atomic E-state index is 0.0839. The second kappa shape index (κ2) is 3.01. The van der Waals surface area contributed by atoms with Crippen LogP contribution >= 0.6 is 0 Å². The molecule has 2 aliphatic rings. The lowest BCUT2D eigenvalue weighted by Gasteiger charge is -2.28. The lowest BCUT2D eigenvalue weighted by molar-refractivity contribution is -0.152. The maximum Gasteiger partial charge on any atom is 0.309 e. The van der Waals surface area contributed by atoms with Gasteiger partial charge in [0.05, 0.1) is 5.92 Å². The molecule has 1 aliphatic heterocycles. The fraction of sp³-hybridized carbons (Fsp3) is 0.778. The highest BCUT2D eigenvalue weighted by Gasteiger charge is 2.50. The Kier molecular flexibility index (Phi) is 1.98. The van der Waals surface area contributed by atoms with Crippen LogP contribution in [0, 0.1) is 11.8 Å². The highest BCUT2D eigenvalue weighted by Crippen LogP contribution is 2.44. The van der Waals surface area contributed by atoms with Gasteiger partial charge < -0.3 is 9.47 Å². The molecule has 0 aromatic heterocycles. The molecule has 3 atom stereocenters. The van der Waals surface area contributed by atoms with Crippen molar-refractivity contribution in [1.82, 2.24) is 0 Å².